The normalized spacial score (nSPS) is 9.33. The highest BCUT2D eigenvalue weighted by molar-refractivity contribution is 5.90. The third-order valence-corrected chi connectivity index (χ3v) is 1.59. The predicted molar refractivity (Wildman–Crippen MR) is 49.8 cm³/mol. The summed E-state index contributed by atoms with van der Waals surface area (Å²) in [5, 5.41) is 0. The van der Waals surface area contributed by atoms with Crippen molar-refractivity contribution in [2.75, 3.05) is 5.73 Å². The summed E-state index contributed by atoms with van der Waals surface area (Å²) in [5.74, 6) is 0.0276. The van der Waals surface area contributed by atoms with Gasteiger partial charge in [-0.25, -0.2) is 0 Å². The Labute approximate surface area is 71.7 Å². The van der Waals surface area contributed by atoms with Crippen molar-refractivity contribution in [3.8, 4) is 0 Å². The van der Waals surface area contributed by atoms with Crippen LogP contribution in [-0.4, -0.2) is 5.78 Å². The Kier molecular flexibility index (Phi) is 2.64. The third-order valence-electron chi connectivity index (χ3n) is 1.59. The van der Waals surface area contributed by atoms with E-state index < -0.39 is 0 Å². The van der Waals surface area contributed by atoms with Gasteiger partial charge in [-0.2, -0.15) is 0 Å². The number of benzene rings is 1. The van der Waals surface area contributed by atoms with Gasteiger partial charge in [0, 0.05) is 12.1 Å². The SMILES string of the molecule is C=CC(=O)Cc1ccc(N)cc1. The Bertz CT molecular complexity index is 287. The highest BCUT2D eigenvalue weighted by Crippen LogP contribution is 2.06. The summed E-state index contributed by atoms with van der Waals surface area (Å²) in [4.78, 5) is 10.9. The molecule has 0 unspecified atom stereocenters. The molecule has 2 heteroatoms. The van der Waals surface area contributed by atoms with Gasteiger partial charge in [0.25, 0.3) is 0 Å². The van der Waals surface area contributed by atoms with E-state index in [1.807, 2.05) is 12.1 Å². The number of nitrogen functional groups attached to an aromatic ring is 1. The first kappa shape index (κ1) is 8.53. The smallest absolute Gasteiger partial charge is 0.159 e. The molecule has 2 N–H and O–H groups in total. The fourth-order valence-electron chi connectivity index (χ4n) is 0.909. The maximum Gasteiger partial charge on any atom is 0.159 e. The van der Waals surface area contributed by atoms with Crippen LogP contribution in [0.2, 0.25) is 0 Å². The topological polar surface area (TPSA) is 43.1 Å². The molecule has 1 rings (SSSR count). The fourth-order valence-corrected chi connectivity index (χ4v) is 0.909. The van der Waals surface area contributed by atoms with Gasteiger partial charge in [0.05, 0.1) is 0 Å². The molecule has 1 aromatic carbocycles. The molecule has 12 heavy (non-hydrogen) atoms. The van der Waals surface area contributed by atoms with Crippen LogP contribution in [0.5, 0.6) is 0 Å². The lowest BCUT2D eigenvalue weighted by Gasteiger charge is -1.97. The second-order valence-electron chi connectivity index (χ2n) is 2.59. The standard InChI is InChI=1S/C10H11NO/c1-2-10(12)7-8-3-5-9(11)6-4-8/h2-6H,1,7,11H2. The molecule has 0 radical (unpaired) electrons. The maximum absolute atomic E-state index is 10.9. The molecule has 1 aromatic rings. The van der Waals surface area contributed by atoms with E-state index in [4.69, 9.17) is 5.73 Å². The van der Waals surface area contributed by atoms with Gasteiger partial charge >= 0.3 is 0 Å². The summed E-state index contributed by atoms with van der Waals surface area (Å²) < 4.78 is 0. The average molecular weight is 161 g/mol. The molecular weight excluding hydrogens is 150 g/mol. The Morgan fingerprint density at radius 2 is 2.00 bits per heavy atom. The first-order valence-electron chi connectivity index (χ1n) is 3.72. The second-order valence-corrected chi connectivity index (χ2v) is 2.59. The number of hydrogen-bond donors (Lipinski definition) is 1. The summed E-state index contributed by atoms with van der Waals surface area (Å²) in [6.07, 6.45) is 1.74. The molecule has 0 aliphatic rings. The minimum absolute atomic E-state index is 0.0276. The van der Waals surface area contributed by atoms with Crippen LogP contribution in [0.25, 0.3) is 0 Å². The van der Waals surface area contributed by atoms with Crippen molar-refractivity contribution in [3.63, 3.8) is 0 Å². The highest BCUT2D eigenvalue weighted by Gasteiger charge is 1.97. The number of ketones is 1. The number of carbonyl (C=O) groups is 1. The van der Waals surface area contributed by atoms with Crippen LogP contribution >= 0.6 is 0 Å². The van der Waals surface area contributed by atoms with Crippen molar-refractivity contribution in [2.45, 2.75) is 6.42 Å². The Hall–Kier alpha value is -1.57. The Balaban J connectivity index is 2.71. The fraction of sp³-hybridized carbons (Fsp3) is 0.100. The third kappa shape index (κ3) is 2.23. The molecule has 0 aromatic heterocycles. The van der Waals surface area contributed by atoms with Gasteiger partial charge in [-0.1, -0.05) is 18.7 Å². The van der Waals surface area contributed by atoms with E-state index in [9.17, 15) is 4.79 Å². The Morgan fingerprint density at radius 3 is 2.50 bits per heavy atom. The minimum Gasteiger partial charge on any atom is -0.399 e. The number of carbonyl (C=O) groups excluding carboxylic acids is 1. The van der Waals surface area contributed by atoms with Gasteiger partial charge in [0.15, 0.2) is 5.78 Å². The van der Waals surface area contributed by atoms with Crippen molar-refractivity contribution in [1.82, 2.24) is 0 Å². The van der Waals surface area contributed by atoms with E-state index in [0.717, 1.165) is 5.56 Å². The van der Waals surface area contributed by atoms with Gasteiger partial charge in [-0.05, 0) is 23.8 Å². The molecule has 0 aliphatic carbocycles. The zero-order chi connectivity index (χ0) is 8.97. The summed E-state index contributed by atoms with van der Waals surface area (Å²) in [7, 11) is 0. The largest absolute Gasteiger partial charge is 0.399 e. The number of anilines is 1. The lowest BCUT2D eigenvalue weighted by Crippen LogP contribution is -1.97. The number of allylic oxidation sites excluding steroid dienone is 1. The van der Waals surface area contributed by atoms with Crippen LogP contribution < -0.4 is 5.73 Å². The molecule has 2 nitrogen and oxygen atoms in total. The monoisotopic (exact) mass is 161 g/mol. The lowest BCUT2D eigenvalue weighted by molar-refractivity contribution is -0.114. The average Bonchev–Trinajstić information content (AvgIpc) is 2.09. The van der Waals surface area contributed by atoms with E-state index in [2.05, 4.69) is 6.58 Å². The number of nitrogens with two attached hydrogens (primary N) is 1. The molecule has 0 bridgehead atoms. The van der Waals surface area contributed by atoms with Crippen LogP contribution in [0.1, 0.15) is 5.56 Å². The zero-order valence-corrected chi connectivity index (χ0v) is 6.79. The van der Waals surface area contributed by atoms with E-state index in [0.29, 0.717) is 12.1 Å². The summed E-state index contributed by atoms with van der Waals surface area (Å²) in [6.45, 7) is 3.40. The van der Waals surface area contributed by atoms with Crippen LogP contribution in [0, 0.1) is 0 Å². The lowest BCUT2D eigenvalue weighted by atomic mass is 10.1. The second kappa shape index (κ2) is 3.72. The molecule has 0 heterocycles. The van der Waals surface area contributed by atoms with Crippen molar-refractivity contribution in [1.29, 1.82) is 0 Å². The number of rotatable bonds is 3. The van der Waals surface area contributed by atoms with Crippen LogP contribution in [0.3, 0.4) is 0 Å². The quantitative estimate of drug-likeness (QED) is 0.540. The molecule has 0 saturated carbocycles. The van der Waals surface area contributed by atoms with Crippen LogP contribution in [0.4, 0.5) is 5.69 Å². The van der Waals surface area contributed by atoms with Crippen molar-refractivity contribution < 1.29 is 4.79 Å². The predicted octanol–water partition coefficient (Wildman–Crippen LogP) is 1.57. The van der Waals surface area contributed by atoms with Crippen molar-refractivity contribution >= 4 is 11.5 Å². The first-order valence-corrected chi connectivity index (χ1v) is 3.72. The van der Waals surface area contributed by atoms with Gasteiger partial charge in [0.2, 0.25) is 0 Å². The maximum atomic E-state index is 10.9. The molecule has 0 fully saturated rings. The molecule has 0 aliphatic heterocycles. The van der Waals surface area contributed by atoms with Gasteiger partial charge in [-0.15, -0.1) is 0 Å². The first-order chi connectivity index (χ1) is 5.72. The summed E-state index contributed by atoms with van der Waals surface area (Å²) >= 11 is 0. The molecule has 62 valence electrons. The van der Waals surface area contributed by atoms with E-state index in [1.54, 1.807) is 12.1 Å². The van der Waals surface area contributed by atoms with Gasteiger partial charge in [0.1, 0.15) is 0 Å². The summed E-state index contributed by atoms with van der Waals surface area (Å²) in [5.41, 5.74) is 7.16. The highest BCUT2D eigenvalue weighted by atomic mass is 16.1. The van der Waals surface area contributed by atoms with Crippen molar-refractivity contribution in [3.05, 3.63) is 42.5 Å². The molecule has 0 spiro atoms. The van der Waals surface area contributed by atoms with Crippen LogP contribution in [0.15, 0.2) is 36.9 Å². The summed E-state index contributed by atoms with van der Waals surface area (Å²) in [6, 6.07) is 7.25. The zero-order valence-electron chi connectivity index (χ0n) is 6.79. The van der Waals surface area contributed by atoms with E-state index in [1.165, 1.54) is 6.08 Å². The van der Waals surface area contributed by atoms with Gasteiger partial charge in [-0.3, -0.25) is 4.79 Å². The molecule has 0 saturated heterocycles. The number of hydrogen-bond acceptors (Lipinski definition) is 2. The van der Waals surface area contributed by atoms with Gasteiger partial charge < -0.3 is 5.73 Å². The molecule has 0 atom stereocenters. The molecule has 0 amide bonds. The Morgan fingerprint density at radius 1 is 1.42 bits per heavy atom. The minimum atomic E-state index is 0.0276. The van der Waals surface area contributed by atoms with E-state index in [-0.39, 0.29) is 5.78 Å². The molecular formula is C10H11NO. The van der Waals surface area contributed by atoms with E-state index >= 15 is 0 Å². The van der Waals surface area contributed by atoms with Crippen LogP contribution in [-0.2, 0) is 11.2 Å². The van der Waals surface area contributed by atoms with Crippen molar-refractivity contribution in [2.24, 2.45) is 0 Å².